The molecule has 180 valence electrons. The van der Waals surface area contributed by atoms with Gasteiger partial charge in [0.15, 0.2) is 6.61 Å². The van der Waals surface area contributed by atoms with Gasteiger partial charge in [-0.1, -0.05) is 23.8 Å². The fraction of sp³-hybridized carbons (Fsp3) is 0.250. The molecule has 7 heteroatoms. The van der Waals surface area contributed by atoms with E-state index in [9.17, 15) is 14.4 Å². The first kappa shape index (κ1) is 24.0. The fourth-order valence-corrected chi connectivity index (χ4v) is 3.81. The first-order chi connectivity index (χ1) is 16.8. The van der Waals surface area contributed by atoms with Crippen LogP contribution < -0.4 is 15.0 Å². The smallest absolute Gasteiger partial charge is 0.311 e. The van der Waals surface area contributed by atoms with Crippen molar-refractivity contribution >= 4 is 29.2 Å². The zero-order valence-corrected chi connectivity index (χ0v) is 20.0. The molecule has 2 amide bonds. The quantitative estimate of drug-likeness (QED) is 0.493. The number of carbonyl (C=O) groups is 3. The Labute approximate surface area is 204 Å². The van der Waals surface area contributed by atoms with Gasteiger partial charge in [-0.2, -0.15) is 0 Å². The highest BCUT2D eigenvalue weighted by Crippen LogP contribution is 2.29. The molecule has 0 radical (unpaired) electrons. The number of anilines is 2. The molecule has 0 unspecified atom stereocenters. The number of nitrogens with zero attached hydrogens (tertiary/aromatic N) is 1. The number of benzene rings is 3. The van der Waals surface area contributed by atoms with Crippen LogP contribution in [0.3, 0.4) is 0 Å². The van der Waals surface area contributed by atoms with Gasteiger partial charge in [0, 0.05) is 24.3 Å². The molecule has 0 bridgehead atoms. The molecule has 1 aliphatic heterocycles. The van der Waals surface area contributed by atoms with Crippen LogP contribution in [0.15, 0.2) is 66.7 Å². The standard InChI is InChI=1S/C28H28N2O5/c1-18-4-7-22(8-5-18)29-26(31)17-34-28(33)21-15-27(32)30(16-21)23-9-12-24(13-10-23)35-25-11-6-19(2)20(3)14-25/h4-14,21H,15-17H2,1-3H3,(H,29,31)/t21-/m0/s1. The summed E-state index contributed by atoms with van der Waals surface area (Å²) in [6.07, 6.45) is 0.0410. The topological polar surface area (TPSA) is 84.9 Å². The second kappa shape index (κ2) is 10.4. The predicted molar refractivity (Wildman–Crippen MR) is 134 cm³/mol. The van der Waals surface area contributed by atoms with Gasteiger partial charge >= 0.3 is 5.97 Å². The van der Waals surface area contributed by atoms with Crippen molar-refractivity contribution in [1.29, 1.82) is 0 Å². The zero-order chi connectivity index (χ0) is 24.9. The molecule has 0 spiro atoms. The normalized spacial score (nSPS) is 15.1. The van der Waals surface area contributed by atoms with Crippen LogP contribution in [0, 0.1) is 26.7 Å². The second-order valence-corrected chi connectivity index (χ2v) is 8.77. The van der Waals surface area contributed by atoms with E-state index in [0.29, 0.717) is 17.1 Å². The Balaban J connectivity index is 1.29. The Morgan fingerprint density at radius 3 is 2.29 bits per heavy atom. The molecule has 0 aliphatic carbocycles. The number of hydrogen-bond acceptors (Lipinski definition) is 5. The van der Waals surface area contributed by atoms with Crippen LogP contribution in [0.2, 0.25) is 0 Å². The molecule has 35 heavy (non-hydrogen) atoms. The summed E-state index contributed by atoms with van der Waals surface area (Å²) in [6, 6.07) is 20.4. The van der Waals surface area contributed by atoms with Crippen molar-refractivity contribution in [3.05, 3.63) is 83.4 Å². The molecular weight excluding hydrogens is 444 g/mol. The maximum absolute atomic E-state index is 12.5. The molecule has 1 atom stereocenters. The Hall–Kier alpha value is -4.13. The van der Waals surface area contributed by atoms with Gasteiger partial charge in [0.25, 0.3) is 5.91 Å². The minimum atomic E-state index is -0.624. The van der Waals surface area contributed by atoms with Crippen LogP contribution in [0.4, 0.5) is 11.4 Å². The van der Waals surface area contributed by atoms with Crippen molar-refractivity contribution in [2.24, 2.45) is 5.92 Å². The highest BCUT2D eigenvalue weighted by molar-refractivity contribution is 6.00. The zero-order valence-electron chi connectivity index (χ0n) is 20.0. The van der Waals surface area contributed by atoms with Crippen molar-refractivity contribution in [1.82, 2.24) is 0 Å². The molecule has 0 aromatic heterocycles. The average molecular weight is 473 g/mol. The van der Waals surface area contributed by atoms with Gasteiger partial charge in [0.1, 0.15) is 11.5 Å². The SMILES string of the molecule is Cc1ccc(NC(=O)COC(=O)[C@H]2CC(=O)N(c3ccc(Oc4ccc(C)c(C)c4)cc3)C2)cc1. The van der Waals surface area contributed by atoms with Crippen molar-refractivity contribution in [3.8, 4) is 11.5 Å². The number of rotatable bonds is 7. The summed E-state index contributed by atoms with van der Waals surface area (Å²) in [6.45, 7) is 5.83. The van der Waals surface area contributed by atoms with Crippen LogP contribution in [0.25, 0.3) is 0 Å². The van der Waals surface area contributed by atoms with Gasteiger partial charge in [-0.3, -0.25) is 14.4 Å². The van der Waals surface area contributed by atoms with E-state index in [0.717, 1.165) is 16.9 Å². The van der Waals surface area contributed by atoms with Crippen LogP contribution in [-0.2, 0) is 19.1 Å². The van der Waals surface area contributed by atoms with Crippen LogP contribution in [-0.4, -0.2) is 30.9 Å². The van der Waals surface area contributed by atoms with Crippen molar-refractivity contribution in [3.63, 3.8) is 0 Å². The molecule has 1 saturated heterocycles. The fourth-order valence-electron chi connectivity index (χ4n) is 3.81. The van der Waals surface area contributed by atoms with Gasteiger partial charge in [0.2, 0.25) is 5.91 Å². The van der Waals surface area contributed by atoms with Crippen LogP contribution in [0.5, 0.6) is 11.5 Å². The van der Waals surface area contributed by atoms with Crippen LogP contribution in [0.1, 0.15) is 23.1 Å². The molecule has 1 aliphatic rings. The monoisotopic (exact) mass is 472 g/mol. The number of esters is 1. The third-order valence-electron chi connectivity index (χ3n) is 6.00. The van der Waals surface area contributed by atoms with Gasteiger partial charge < -0.3 is 19.7 Å². The highest BCUT2D eigenvalue weighted by Gasteiger charge is 2.36. The summed E-state index contributed by atoms with van der Waals surface area (Å²) in [4.78, 5) is 38.7. The summed E-state index contributed by atoms with van der Waals surface area (Å²) in [7, 11) is 0. The van der Waals surface area contributed by atoms with Crippen LogP contribution >= 0.6 is 0 Å². The number of aryl methyl sites for hydroxylation is 3. The Morgan fingerprint density at radius 1 is 0.914 bits per heavy atom. The summed E-state index contributed by atoms with van der Waals surface area (Å²) in [5.74, 6) is -0.385. The Kier molecular flexibility index (Phi) is 7.15. The largest absolute Gasteiger partial charge is 0.457 e. The third kappa shape index (κ3) is 6.06. The van der Waals surface area contributed by atoms with Crippen molar-refractivity contribution in [2.45, 2.75) is 27.2 Å². The molecule has 3 aromatic carbocycles. The van der Waals surface area contributed by atoms with Gasteiger partial charge in [0.05, 0.1) is 5.92 Å². The molecule has 1 N–H and O–H groups in total. The molecule has 7 nitrogen and oxygen atoms in total. The number of ether oxygens (including phenoxy) is 2. The minimum Gasteiger partial charge on any atom is -0.457 e. The van der Waals surface area contributed by atoms with Crippen molar-refractivity contribution in [2.75, 3.05) is 23.4 Å². The first-order valence-electron chi connectivity index (χ1n) is 11.5. The highest BCUT2D eigenvalue weighted by atomic mass is 16.5. The van der Waals surface area contributed by atoms with E-state index in [1.807, 2.05) is 51.1 Å². The molecule has 1 heterocycles. The lowest BCUT2D eigenvalue weighted by Crippen LogP contribution is -2.28. The van der Waals surface area contributed by atoms with E-state index < -0.39 is 24.4 Å². The summed E-state index contributed by atoms with van der Waals surface area (Å²) >= 11 is 0. The summed E-state index contributed by atoms with van der Waals surface area (Å²) < 4.78 is 11.1. The van der Waals surface area contributed by atoms with E-state index in [-0.39, 0.29) is 18.9 Å². The minimum absolute atomic E-state index is 0.0410. The van der Waals surface area contributed by atoms with Gasteiger partial charge in [-0.15, -0.1) is 0 Å². The molecule has 4 rings (SSSR count). The van der Waals surface area contributed by atoms with Gasteiger partial charge in [-0.05, 0) is 80.4 Å². The number of amides is 2. The first-order valence-corrected chi connectivity index (χ1v) is 11.5. The molecule has 1 fully saturated rings. The van der Waals surface area contributed by atoms with E-state index in [1.165, 1.54) is 5.56 Å². The van der Waals surface area contributed by atoms with Crippen molar-refractivity contribution < 1.29 is 23.9 Å². The predicted octanol–water partition coefficient (Wildman–Crippen LogP) is 4.94. The van der Waals surface area contributed by atoms with Gasteiger partial charge in [-0.25, -0.2) is 0 Å². The van der Waals surface area contributed by atoms with E-state index in [2.05, 4.69) is 5.32 Å². The lowest BCUT2D eigenvalue weighted by molar-refractivity contribution is -0.151. The number of hydrogen-bond donors (Lipinski definition) is 1. The Morgan fingerprint density at radius 2 is 1.60 bits per heavy atom. The molecule has 3 aromatic rings. The maximum Gasteiger partial charge on any atom is 0.311 e. The number of carbonyl (C=O) groups excluding carboxylic acids is 3. The lowest BCUT2D eigenvalue weighted by Gasteiger charge is -2.17. The molecular formula is C28H28N2O5. The third-order valence-corrected chi connectivity index (χ3v) is 6.00. The Bertz CT molecular complexity index is 1240. The maximum atomic E-state index is 12.5. The average Bonchev–Trinajstić information content (AvgIpc) is 3.23. The number of nitrogens with one attached hydrogen (secondary N) is 1. The van der Waals surface area contributed by atoms with E-state index >= 15 is 0 Å². The summed E-state index contributed by atoms with van der Waals surface area (Å²) in [5, 5.41) is 2.68. The van der Waals surface area contributed by atoms with E-state index in [4.69, 9.17) is 9.47 Å². The summed E-state index contributed by atoms with van der Waals surface area (Å²) in [5.41, 5.74) is 4.72. The second-order valence-electron chi connectivity index (χ2n) is 8.77. The molecule has 0 saturated carbocycles. The lowest BCUT2D eigenvalue weighted by atomic mass is 10.1. The van der Waals surface area contributed by atoms with E-state index in [1.54, 1.807) is 41.3 Å².